The number of rotatable bonds is 4. The molecule has 1 heterocycles. The van der Waals surface area contributed by atoms with Gasteiger partial charge in [0.2, 0.25) is 6.79 Å². The van der Waals surface area contributed by atoms with Crippen molar-refractivity contribution in [3.8, 4) is 11.5 Å². The van der Waals surface area contributed by atoms with E-state index < -0.39 is 11.8 Å². The van der Waals surface area contributed by atoms with Crippen LogP contribution in [0.5, 0.6) is 11.5 Å². The van der Waals surface area contributed by atoms with Gasteiger partial charge >= 0.3 is 0 Å². The Morgan fingerprint density at radius 3 is 2.13 bits per heavy atom. The molecular formula is C22H16ClN3O5. The molecule has 3 aromatic rings. The van der Waals surface area contributed by atoms with Crippen LogP contribution in [0.3, 0.4) is 0 Å². The Morgan fingerprint density at radius 1 is 0.710 bits per heavy atom. The molecule has 0 bridgehead atoms. The van der Waals surface area contributed by atoms with Crippen molar-refractivity contribution >= 4 is 35.0 Å². The van der Waals surface area contributed by atoms with Gasteiger partial charge in [-0.05, 0) is 60.7 Å². The Kier molecular flexibility index (Phi) is 5.72. The Balaban J connectivity index is 1.38. The smallest absolute Gasteiger partial charge is 0.269 e. The summed E-state index contributed by atoms with van der Waals surface area (Å²) < 4.78 is 10.5. The number of benzene rings is 3. The fourth-order valence-corrected chi connectivity index (χ4v) is 2.96. The lowest BCUT2D eigenvalue weighted by molar-refractivity contribution is 0.0846. The van der Waals surface area contributed by atoms with E-state index in [2.05, 4.69) is 16.2 Å². The molecule has 0 saturated carbocycles. The van der Waals surface area contributed by atoms with Crippen molar-refractivity contribution in [2.45, 2.75) is 0 Å². The lowest BCUT2D eigenvalue weighted by atomic mass is 10.1. The Bertz CT molecular complexity index is 1160. The fourth-order valence-electron chi connectivity index (χ4n) is 2.84. The Hall–Kier alpha value is -4.04. The van der Waals surface area contributed by atoms with Crippen molar-refractivity contribution in [1.82, 2.24) is 10.9 Å². The van der Waals surface area contributed by atoms with Gasteiger partial charge < -0.3 is 14.8 Å². The predicted molar refractivity (Wildman–Crippen MR) is 113 cm³/mol. The van der Waals surface area contributed by atoms with Gasteiger partial charge in [-0.25, -0.2) is 0 Å². The molecule has 1 aliphatic rings. The minimum Gasteiger partial charge on any atom is -0.454 e. The molecule has 156 valence electrons. The van der Waals surface area contributed by atoms with Gasteiger partial charge in [-0.3, -0.25) is 25.2 Å². The number of fused-ring (bicyclic) bond motifs is 1. The number of anilines is 1. The minimum atomic E-state index is -0.540. The van der Waals surface area contributed by atoms with Gasteiger partial charge in [0.1, 0.15) is 0 Å². The highest BCUT2D eigenvalue weighted by Gasteiger charge is 2.17. The van der Waals surface area contributed by atoms with Crippen LogP contribution in [-0.2, 0) is 0 Å². The van der Waals surface area contributed by atoms with Crippen LogP contribution in [0.2, 0.25) is 5.02 Å². The second-order valence-electron chi connectivity index (χ2n) is 6.52. The molecule has 0 saturated heterocycles. The lowest BCUT2D eigenvalue weighted by Crippen LogP contribution is -2.41. The maximum absolute atomic E-state index is 12.5. The second-order valence-corrected chi connectivity index (χ2v) is 6.95. The van der Waals surface area contributed by atoms with Crippen LogP contribution < -0.4 is 25.6 Å². The van der Waals surface area contributed by atoms with Crippen LogP contribution in [0.15, 0.2) is 66.7 Å². The highest BCUT2D eigenvalue weighted by Crippen LogP contribution is 2.32. The summed E-state index contributed by atoms with van der Waals surface area (Å²) in [7, 11) is 0. The van der Waals surface area contributed by atoms with Crippen LogP contribution in [0.25, 0.3) is 0 Å². The number of hydrazine groups is 1. The van der Waals surface area contributed by atoms with E-state index in [0.717, 1.165) is 0 Å². The minimum absolute atomic E-state index is 0.117. The first-order valence-corrected chi connectivity index (χ1v) is 9.55. The molecule has 0 atom stereocenters. The monoisotopic (exact) mass is 437 g/mol. The van der Waals surface area contributed by atoms with Gasteiger partial charge in [0.25, 0.3) is 17.7 Å². The van der Waals surface area contributed by atoms with Crippen molar-refractivity contribution in [3.05, 3.63) is 88.4 Å². The molecule has 3 amide bonds. The van der Waals surface area contributed by atoms with Crippen LogP contribution >= 0.6 is 11.6 Å². The third-order valence-corrected chi connectivity index (χ3v) is 4.67. The van der Waals surface area contributed by atoms with Crippen LogP contribution in [0.1, 0.15) is 31.1 Å². The highest BCUT2D eigenvalue weighted by molar-refractivity contribution is 6.30. The lowest BCUT2D eigenvalue weighted by Gasteiger charge is -2.10. The molecule has 0 spiro atoms. The van der Waals surface area contributed by atoms with Crippen molar-refractivity contribution in [2.24, 2.45) is 0 Å². The average Bonchev–Trinajstić information content (AvgIpc) is 3.26. The standard InChI is InChI=1S/C22H16ClN3O5/c23-16-7-4-13(5-8-16)21(28)25-26-22(29)14-2-1-3-17(10-14)24-20(27)15-6-9-18-19(11-15)31-12-30-18/h1-11H,12H2,(H,24,27)(H,25,28)(H,26,29). The fraction of sp³-hybridized carbons (Fsp3) is 0.0455. The Labute approximate surface area is 182 Å². The quantitative estimate of drug-likeness (QED) is 0.542. The zero-order chi connectivity index (χ0) is 21.8. The normalized spacial score (nSPS) is 11.5. The van der Waals surface area contributed by atoms with Crippen molar-refractivity contribution in [3.63, 3.8) is 0 Å². The summed E-state index contributed by atoms with van der Waals surface area (Å²) in [5.41, 5.74) is 6.06. The average molecular weight is 438 g/mol. The van der Waals surface area contributed by atoms with Crippen molar-refractivity contribution < 1.29 is 23.9 Å². The summed E-state index contributed by atoms with van der Waals surface area (Å²) >= 11 is 5.80. The number of carbonyl (C=O) groups is 3. The number of halogens is 1. The summed E-state index contributed by atoms with van der Waals surface area (Å²) in [6, 6.07) is 17.4. The van der Waals surface area contributed by atoms with E-state index in [-0.39, 0.29) is 18.3 Å². The van der Waals surface area contributed by atoms with E-state index in [4.69, 9.17) is 21.1 Å². The van der Waals surface area contributed by atoms with Gasteiger partial charge in [0.05, 0.1) is 0 Å². The maximum atomic E-state index is 12.5. The number of amides is 3. The molecule has 3 aromatic carbocycles. The SMILES string of the molecule is O=C(NNC(=O)c1cccc(NC(=O)c2ccc3c(c2)OCO3)c1)c1ccc(Cl)cc1. The molecule has 0 radical (unpaired) electrons. The molecule has 8 nitrogen and oxygen atoms in total. The van der Waals surface area contributed by atoms with Crippen LogP contribution in [-0.4, -0.2) is 24.5 Å². The van der Waals surface area contributed by atoms with Gasteiger partial charge in [-0.2, -0.15) is 0 Å². The molecular weight excluding hydrogens is 422 g/mol. The zero-order valence-electron chi connectivity index (χ0n) is 16.0. The molecule has 0 aromatic heterocycles. The third kappa shape index (κ3) is 4.76. The number of ether oxygens (including phenoxy) is 2. The topological polar surface area (TPSA) is 106 Å². The van der Waals surface area contributed by atoms with E-state index in [1.165, 1.54) is 18.2 Å². The first-order valence-electron chi connectivity index (χ1n) is 9.17. The molecule has 0 aliphatic carbocycles. The largest absolute Gasteiger partial charge is 0.454 e. The molecule has 3 N–H and O–H groups in total. The van der Waals surface area contributed by atoms with E-state index >= 15 is 0 Å². The van der Waals surface area contributed by atoms with E-state index in [1.54, 1.807) is 48.5 Å². The second kappa shape index (κ2) is 8.76. The van der Waals surface area contributed by atoms with Crippen LogP contribution in [0, 0.1) is 0 Å². The van der Waals surface area contributed by atoms with Gasteiger partial charge in [-0.15, -0.1) is 0 Å². The van der Waals surface area contributed by atoms with Gasteiger partial charge in [0.15, 0.2) is 11.5 Å². The number of hydrogen-bond acceptors (Lipinski definition) is 5. The first-order chi connectivity index (χ1) is 15.0. The van der Waals surface area contributed by atoms with E-state index in [0.29, 0.717) is 33.3 Å². The number of nitrogens with one attached hydrogen (secondary N) is 3. The summed E-state index contributed by atoms with van der Waals surface area (Å²) in [4.78, 5) is 37.0. The third-order valence-electron chi connectivity index (χ3n) is 4.41. The van der Waals surface area contributed by atoms with Gasteiger partial charge in [-0.1, -0.05) is 17.7 Å². The zero-order valence-corrected chi connectivity index (χ0v) is 16.7. The molecule has 4 rings (SSSR count). The summed E-state index contributed by atoms with van der Waals surface area (Å²) in [6.07, 6.45) is 0. The van der Waals surface area contributed by atoms with Crippen molar-refractivity contribution in [1.29, 1.82) is 0 Å². The van der Waals surface area contributed by atoms with E-state index in [9.17, 15) is 14.4 Å². The Morgan fingerprint density at radius 2 is 1.35 bits per heavy atom. The molecule has 9 heteroatoms. The first kappa shape index (κ1) is 20.2. The summed E-state index contributed by atoms with van der Waals surface area (Å²) in [5.74, 6) is -0.321. The predicted octanol–water partition coefficient (Wildman–Crippen LogP) is 3.40. The molecule has 0 fully saturated rings. The molecule has 0 unspecified atom stereocenters. The van der Waals surface area contributed by atoms with Crippen molar-refractivity contribution in [2.75, 3.05) is 12.1 Å². The maximum Gasteiger partial charge on any atom is 0.269 e. The molecule has 31 heavy (non-hydrogen) atoms. The number of carbonyl (C=O) groups excluding carboxylic acids is 3. The van der Waals surface area contributed by atoms with Gasteiger partial charge in [0, 0.05) is 27.4 Å². The number of hydrogen-bond donors (Lipinski definition) is 3. The summed E-state index contributed by atoms with van der Waals surface area (Å²) in [5, 5.41) is 3.23. The highest BCUT2D eigenvalue weighted by atomic mass is 35.5. The summed E-state index contributed by atoms with van der Waals surface area (Å²) in [6.45, 7) is 0.117. The molecule has 1 aliphatic heterocycles. The van der Waals surface area contributed by atoms with Crippen LogP contribution in [0.4, 0.5) is 5.69 Å². The van der Waals surface area contributed by atoms with E-state index in [1.807, 2.05) is 0 Å².